The van der Waals surface area contributed by atoms with Crippen LogP contribution in [0.2, 0.25) is 0 Å². The fourth-order valence-electron chi connectivity index (χ4n) is 1.59. The molecule has 1 N–H and O–H groups in total. The smallest absolute Gasteiger partial charge is 0.125 e. The summed E-state index contributed by atoms with van der Waals surface area (Å²) in [7, 11) is 0. The molecule has 0 spiro atoms. The molecule has 2 heteroatoms. The summed E-state index contributed by atoms with van der Waals surface area (Å²) in [4.78, 5) is 0. The van der Waals surface area contributed by atoms with Gasteiger partial charge >= 0.3 is 0 Å². The minimum Gasteiger partial charge on any atom is -0.489 e. The van der Waals surface area contributed by atoms with E-state index in [1.54, 1.807) is 0 Å². The number of aliphatic hydroxyl groups excluding tert-OH is 1. The molecule has 0 aliphatic carbocycles. The minimum absolute atomic E-state index is 0.0802. The lowest BCUT2D eigenvalue weighted by atomic mass is 10.1. The van der Waals surface area contributed by atoms with Gasteiger partial charge in [-0.3, -0.25) is 0 Å². The second-order valence-corrected chi connectivity index (χ2v) is 3.60. The predicted octanol–water partition coefficient (Wildman–Crippen LogP) is 2.75. The lowest BCUT2D eigenvalue weighted by Gasteiger charge is -2.12. The third-order valence-electron chi connectivity index (χ3n) is 2.26. The molecule has 0 saturated heterocycles. The van der Waals surface area contributed by atoms with Crippen LogP contribution in [0.15, 0.2) is 24.3 Å². The molecule has 2 nitrogen and oxygen atoms in total. The summed E-state index contributed by atoms with van der Waals surface area (Å²) in [6, 6.07) is 3.91. The Balaban J connectivity index is 2.88. The summed E-state index contributed by atoms with van der Waals surface area (Å²) in [5.74, 6) is 0.922. The van der Waals surface area contributed by atoms with Crippen molar-refractivity contribution in [2.24, 2.45) is 0 Å². The van der Waals surface area contributed by atoms with E-state index in [0.717, 1.165) is 22.4 Å². The van der Waals surface area contributed by atoms with Gasteiger partial charge in [-0.15, -0.1) is 0 Å². The fourth-order valence-corrected chi connectivity index (χ4v) is 1.59. The van der Waals surface area contributed by atoms with Gasteiger partial charge in [0.1, 0.15) is 12.4 Å². The van der Waals surface area contributed by atoms with Crippen LogP contribution in [0.25, 0.3) is 0 Å². The summed E-state index contributed by atoms with van der Waals surface area (Å²) in [6.45, 7) is 6.64. The first-order valence-electron chi connectivity index (χ1n) is 5.14. The molecular formula is C13H18O2. The Labute approximate surface area is 91.2 Å². The maximum absolute atomic E-state index is 9.04. The van der Waals surface area contributed by atoms with Crippen molar-refractivity contribution in [3.63, 3.8) is 0 Å². The van der Waals surface area contributed by atoms with Gasteiger partial charge < -0.3 is 9.84 Å². The van der Waals surface area contributed by atoms with Crippen molar-refractivity contribution in [1.29, 1.82) is 0 Å². The number of hydrogen-bond donors (Lipinski definition) is 1. The van der Waals surface area contributed by atoms with Crippen LogP contribution in [0, 0.1) is 13.8 Å². The average molecular weight is 206 g/mol. The second kappa shape index (κ2) is 5.56. The van der Waals surface area contributed by atoms with Crippen molar-refractivity contribution in [2.45, 2.75) is 27.4 Å². The number of allylic oxidation sites excluding steroid dienone is 1. The highest BCUT2D eigenvalue weighted by Gasteiger charge is 2.05. The Bertz CT molecular complexity index is 331. The lowest BCUT2D eigenvalue weighted by Crippen LogP contribution is -1.99. The van der Waals surface area contributed by atoms with Crippen LogP contribution in [0.1, 0.15) is 23.6 Å². The summed E-state index contributed by atoms with van der Waals surface area (Å²) in [5, 5.41) is 9.04. The molecule has 0 aromatic heterocycles. The summed E-state index contributed by atoms with van der Waals surface area (Å²) >= 11 is 0. The van der Waals surface area contributed by atoms with E-state index < -0.39 is 0 Å². The number of ether oxygens (including phenoxy) is 1. The third kappa shape index (κ3) is 3.10. The molecule has 1 aromatic carbocycles. The number of benzene rings is 1. The Morgan fingerprint density at radius 1 is 1.27 bits per heavy atom. The molecule has 0 radical (unpaired) electrons. The van der Waals surface area contributed by atoms with Crippen LogP contribution in [0.3, 0.4) is 0 Å². The van der Waals surface area contributed by atoms with E-state index in [1.165, 1.54) is 0 Å². The minimum atomic E-state index is 0.0802. The number of aryl methyl sites for hydroxylation is 2. The average Bonchev–Trinajstić information content (AvgIpc) is 2.22. The Hall–Kier alpha value is -1.28. The van der Waals surface area contributed by atoms with Gasteiger partial charge in [0.2, 0.25) is 0 Å². The molecule has 82 valence electrons. The quantitative estimate of drug-likeness (QED) is 0.767. The molecule has 0 bridgehead atoms. The maximum atomic E-state index is 9.04. The Morgan fingerprint density at radius 3 is 2.33 bits per heavy atom. The molecular weight excluding hydrogens is 188 g/mol. The SMILES string of the molecule is C/C=C/COc1c(C)cc(CO)cc1C. The summed E-state index contributed by atoms with van der Waals surface area (Å²) in [6.07, 6.45) is 3.94. The number of rotatable bonds is 4. The molecule has 0 aliphatic heterocycles. The zero-order valence-corrected chi connectivity index (χ0v) is 9.58. The molecule has 0 amide bonds. The standard InChI is InChI=1S/C13H18O2/c1-4-5-6-15-13-10(2)7-12(9-14)8-11(13)3/h4-5,7-8,14H,6,9H2,1-3H3/b5-4+. The fraction of sp³-hybridized carbons (Fsp3) is 0.385. The summed E-state index contributed by atoms with van der Waals surface area (Å²) in [5.41, 5.74) is 3.08. The zero-order chi connectivity index (χ0) is 11.3. The molecule has 0 unspecified atom stereocenters. The topological polar surface area (TPSA) is 29.5 Å². The molecule has 1 aromatic rings. The van der Waals surface area contributed by atoms with Gasteiger partial charge in [0.25, 0.3) is 0 Å². The van der Waals surface area contributed by atoms with Crippen LogP contribution >= 0.6 is 0 Å². The highest BCUT2D eigenvalue weighted by molar-refractivity contribution is 5.43. The van der Waals surface area contributed by atoms with Crippen molar-refractivity contribution >= 4 is 0 Å². The molecule has 0 heterocycles. The largest absolute Gasteiger partial charge is 0.489 e. The first kappa shape index (κ1) is 11.8. The molecule has 15 heavy (non-hydrogen) atoms. The predicted molar refractivity (Wildman–Crippen MR) is 62.1 cm³/mol. The van der Waals surface area contributed by atoms with E-state index in [-0.39, 0.29) is 6.61 Å². The van der Waals surface area contributed by atoms with E-state index in [1.807, 2.05) is 45.1 Å². The lowest BCUT2D eigenvalue weighted by molar-refractivity contribution is 0.281. The van der Waals surface area contributed by atoms with Crippen LogP contribution < -0.4 is 4.74 Å². The maximum Gasteiger partial charge on any atom is 0.125 e. The summed E-state index contributed by atoms with van der Waals surface area (Å²) < 4.78 is 5.64. The van der Waals surface area contributed by atoms with Gasteiger partial charge in [-0.1, -0.05) is 24.3 Å². The molecule has 0 saturated carbocycles. The number of aliphatic hydroxyl groups is 1. The number of hydrogen-bond acceptors (Lipinski definition) is 2. The van der Waals surface area contributed by atoms with Crippen LogP contribution in [0.5, 0.6) is 5.75 Å². The van der Waals surface area contributed by atoms with E-state index >= 15 is 0 Å². The Kier molecular flexibility index (Phi) is 4.37. The second-order valence-electron chi connectivity index (χ2n) is 3.60. The normalized spacial score (nSPS) is 10.9. The highest BCUT2D eigenvalue weighted by atomic mass is 16.5. The van der Waals surface area contributed by atoms with Crippen molar-refractivity contribution < 1.29 is 9.84 Å². The van der Waals surface area contributed by atoms with Crippen molar-refractivity contribution in [3.8, 4) is 5.75 Å². The van der Waals surface area contributed by atoms with Gasteiger partial charge in [-0.25, -0.2) is 0 Å². The first-order chi connectivity index (χ1) is 7.19. The van der Waals surface area contributed by atoms with E-state index in [9.17, 15) is 0 Å². The van der Waals surface area contributed by atoms with Crippen LogP contribution in [-0.4, -0.2) is 11.7 Å². The van der Waals surface area contributed by atoms with E-state index in [0.29, 0.717) is 6.61 Å². The van der Waals surface area contributed by atoms with E-state index in [2.05, 4.69) is 0 Å². The van der Waals surface area contributed by atoms with Gasteiger partial charge in [0.05, 0.1) is 6.61 Å². The van der Waals surface area contributed by atoms with Gasteiger partial charge in [-0.2, -0.15) is 0 Å². The van der Waals surface area contributed by atoms with Gasteiger partial charge in [0.15, 0.2) is 0 Å². The third-order valence-corrected chi connectivity index (χ3v) is 2.26. The highest BCUT2D eigenvalue weighted by Crippen LogP contribution is 2.24. The Morgan fingerprint density at radius 2 is 1.87 bits per heavy atom. The molecule has 0 fully saturated rings. The van der Waals surface area contributed by atoms with Crippen molar-refractivity contribution in [1.82, 2.24) is 0 Å². The van der Waals surface area contributed by atoms with Crippen LogP contribution in [0.4, 0.5) is 0 Å². The van der Waals surface area contributed by atoms with Crippen molar-refractivity contribution in [3.05, 3.63) is 41.0 Å². The molecule has 1 rings (SSSR count). The monoisotopic (exact) mass is 206 g/mol. The van der Waals surface area contributed by atoms with Gasteiger partial charge in [0, 0.05) is 0 Å². The van der Waals surface area contributed by atoms with E-state index in [4.69, 9.17) is 9.84 Å². The van der Waals surface area contributed by atoms with Crippen LogP contribution in [-0.2, 0) is 6.61 Å². The first-order valence-corrected chi connectivity index (χ1v) is 5.14. The van der Waals surface area contributed by atoms with Gasteiger partial charge in [-0.05, 0) is 37.5 Å². The zero-order valence-electron chi connectivity index (χ0n) is 9.58. The molecule has 0 atom stereocenters. The van der Waals surface area contributed by atoms with Crippen molar-refractivity contribution in [2.75, 3.05) is 6.61 Å². The molecule has 0 aliphatic rings.